The van der Waals surface area contributed by atoms with Gasteiger partial charge in [0, 0.05) is 25.7 Å². The largest absolute Gasteiger partial charge is 0.356 e. The van der Waals surface area contributed by atoms with Gasteiger partial charge in [-0.2, -0.15) is 5.26 Å². The van der Waals surface area contributed by atoms with Crippen LogP contribution in [0, 0.1) is 17.1 Å². The molecule has 0 aliphatic carbocycles. The minimum absolute atomic E-state index is 0. The molecule has 1 aromatic carbocycles. The monoisotopic (exact) mass is 473 g/mol. The highest BCUT2D eigenvalue weighted by Gasteiger charge is 2.08. The molecule has 0 spiro atoms. The molecule has 1 aliphatic rings. The van der Waals surface area contributed by atoms with Crippen LogP contribution in [0.1, 0.15) is 43.2 Å². The van der Waals surface area contributed by atoms with E-state index in [1.165, 1.54) is 44.8 Å². The van der Waals surface area contributed by atoms with Gasteiger partial charge in [-0.3, -0.25) is 4.99 Å². The first-order valence-electron chi connectivity index (χ1n) is 9.08. The molecular weight excluding hydrogens is 444 g/mol. The van der Waals surface area contributed by atoms with Crippen LogP contribution in [0.25, 0.3) is 0 Å². The van der Waals surface area contributed by atoms with E-state index in [1.54, 1.807) is 19.2 Å². The number of nitrogens with zero attached hydrogens (tertiary/aromatic N) is 3. The van der Waals surface area contributed by atoms with Gasteiger partial charge in [0.15, 0.2) is 5.96 Å². The maximum absolute atomic E-state index is 13.9. The molecule has 1 heterocycles. The molecule has 7 heteroatoms. The smallest absolute Gasteiger partial charge is 0.191 e. The Morgan fingerprint density at radius 3 is 2.58 bits per heavy atom. The summed E-state index contributed by atoms with van der Waals surface area (Å²) in [5, 5.41) is 15.2. The maximum Gasteiger partial charge on any atom is 0.191 e. The molecule has 1 aliphatic heterocycles. The molecule has 5 nitrogen and oxygen atoms in total. The summed E-state index contributed by atoms with van der Waals surface area (Å²) >= 11 is 0. The van der Waals surface area contributed by atoms with Crippen LogP contribution in [0.4, 0.5) is 4.39 Å². The molecule has 0 radical (unpaired) electrons. The Kier molecular flexibility index (Phi) is 11.2. The standard InChI is InChI=1S/C19H28FN5.HI/c1-22-19(23-9-6-12-25-10-4-2-3-5-11-25)24-15-17-8-7-16(14-21)13-18(17)20;/h7-8,13H,2-6,9-12,15H2,1H3,(H2,22,23,24);1H. The van der Waals surface area contributed by atoms with Crippen molar-refractivity contribution < 1.29 is 4.39 Å². The van der Waals surface area contributed by atoms with Gasteiger partial charge in [-0.25, -0.2) is 4.39 Å². The van der Waals surface area contributed by atoms with Crippen LogP contribution in [0.2, 0.25) is 0 Å². The minimum Gasteiger partial charge on any atom is -0.356 e. The molecule has 1 saturated heterocycles. The Balaban J connectivity index is 0.00000338. The third-order valence-electron chi connectivity index (χ3n) is 4.49. The predicted octanol–water partition coefficient (Wildman–Crippen LogP) is 3.25. The summed E-state index contributed by atoms with van der Waals surface area (Å²) in [5.74, 6) is 0.294. The number of aliphatic imine (C=N–C) groups is 1. The first kappa shape index (κ1) is 22.6. The molecule has 2 N–H and O–H groups in total. The van der Waals surface area contributed by atoms with Crippen molar-refractivity contribution >= 4 is 29.9 Å². The number of benzene rings is 1. The number of nitrogens with one attached hydrogen (secondary N) is 2. The first-order valence-corrected chi connectivity index (χ1v) is 9.08. The number of hydrogen-bond acceptors (Lipinski definition) is 3. The molecule has 2 rings (SSSR count). The van der Waals surface area contributed by atoms with Crippen molar-refractivity contribution in [3.8, 4) is 6.07 Å². The van der Waals surface area contributed by atoms with Gasteiger partial charge in [0.1, 0.15) is 5.82 Å². The highest BCUT2D eigenvalue weighted by atomic mass is 127. The van der Waals surface area contributed by atoms with Crippen molar-refractivity contribution in [3.05, 3.63) is 35.1 Å². The fourth-order valence-electron chi connectivity index (χ4n) is 3.03. The van der Waals surface area contributed by atoms with E-state index >= 15 is 0 Å². The number of guanidine groups is 1. The van der Waals surface area contributed by atoms with E-state index in [-0.39, 0.29) is 29.8 Å². The van der Waals surface area contributed by atoms with Gasteiger partial charge < -0.3 is 15.5 Å². The summed E-state index contributed by atoms with van der Waals surface area (Å²) in [6.45, 7) is 4.71. The lowest BCUT2D eigenvalue weighted by Gasteiger charge is -2.20. The molecule has 0 saturated carbocycles. The van der Waals surface area contributed by atoms with Crippen LogP contribution < -0.4 is 10.6 Å². The van der Waals surface area contributed by atoms with Gasteiger partial charge >= 0.3 is 0 Å². The Hall–Kier alpha value is -1.40. The Bertz CT molecular complexity index is 606. The normalized spacial score (nSPS) is 15.5. The fraction of sp³-hybridized carbons (Fsp3) is 0.579. The van der Waals surface area contributed by atoms with Crippen molar-refractivity contribution in [2.75, 3.05) is 33.2 Å². The van der Waals surface area contributed by atoms with Crippen LogP contribution in [0.3, 0.4) is 0 Å². The molecule has 1 fully saturated rings. The van der Waals surface area contributed by atoms with Crippen molar-refractivity contribution in [2.45, 2.75) is 38.6 Å². The lowest BCUT2D eigenvalue weighted by atomic mass is 10.1. The molecule has 144 valence electrons. The van der Waals surface area contributed by atoms with Crippen molar-refractivity contribution in [1.29, 1.82) is 5.26 Å². The summed E-state index contributed by atoms with van der Waals surface area (Å²) in [6.07, 6.45) is 6.40. The summed E-state index contributed by atoms with van der Waals surface area (Å²) in [5.41, 5.74) is 0.851. The van der Waals surface area contributed by atoms with E-state index < -0.39 is 0 Å². The van der Waals surface area contributed by atoms with Gasteiger partial charge in [-0.05, 0) is 51.0 Å². The van der Waals surface area contributed by atoms with E-state index in [0.717, 1.165) is 19.5 Å². The average molecular weight is 473 g/mol. The fourth-order valence-corrected chi connectivity index (χ4v) is 3.03. The maximum atomic E-state index is 13.9. The summed E-state index contributed by atoms with van der Waals surface area (Å²) in [7, 11) is 1.71. The number of halogens is 2. The zero-order chi connectivity index (χ0) is 17.9. The van der Waals surface area contributed by atoms with Crippen LogP contribution in [-0.2, 0) is 6.54 Å². The van der Waals surface area contributed by atoms with Gasteiger partial charge in [0.25, 0.3) is 0 Å². The zero-order valence-electron chi connectivity index (χ0n) is 15.4. The predicted molar refractivity (Wildman–Crippen MR) is 114 cm³/mol. The van der Waals surface area contributed by atoms with Gasteiger partial charge in [-0.1, -0.05) is 18.9 Å². The van der Waals surface area contributed by atoms with E-state index in [4.69, 9.17) is 5.26 Å². The van der Waals surface area contributed by atoms with E-state index in [2.05, 4.69) is 20.5 Å². The van der Waals surface area contributed by atoms with E-state index in [9.17, 15) is 4.39 Å². The molecule has 0 atom stereocenters. The highest BCUT2D eigenvalue weighted by Crippen LogP contribution is 2.10. The highest BCUT2D eigenvalue weighted by molar-refractivity contribution is 14.0. The van der Waals surface area contributed by atoms with Gasteiger partial charge in [0.05, 0.1) is 11.6 Å². The Morgan fingerprint density at radius 2 is 1.96 bits per heavy atom. The second-order valence-corrected chi connectivity index (χ2v) is 6.38. The topological polar surface area (TPSA) is 63.5 Å². The summed E-state index contributed by atoms with van der Waals surface area (Å²) in [6, 6.07) is 6.45. The third kappa shape index (κ3) is 7.87. The number of rotatable bonds is 6. The van der Waals surface area contributed by atoms with E-state index in [1.807, 2.05) is 6.07 Å². The number of nitriles is 1. The molecule has 26 heavy (non-hydrogen) atoms. The third-order valence-corrected chi connectivity index (χ3v) is 4.49. The van der Waals surface area contributed by atoms with Crippen LogP contribution in [0.15, 0.2) is 23.2 Å². The van der Waals surface area contributed by atoms with Crippen LogP contribution in [0.5, 0.6) is 0 Å². The quantitative estimate of drug-likeness (QED) is 0.288. The lowest BCUT2D eigenvalue weighted by Crippen LogP contribution is -2.38. The number of hydrogen-bond donors (Lipinski definition) is 2. The van der Waals surface area contributed by atoms with Crippen molar-refractivity contribution in [1.82, 2.24) is 15.5 Å². The summed E-state index contributed by atoms with van der Waals surface area (Å²) < 4.78 is 13.9. The van der Waals surface area contributed by atoms with Crippen molar-refractivity contribution in [3.63, 3.8) is 0 Å². The number of likely N-dealkylation sites (tertiary alicyclic amines) is 1. The minimum atomic E-state index is -0.372. The van der Waals surface area contributed by atoms with E-state index in [0.29, 0.717) is 23.6 Å². The Morgan fingerprint density at radius 1 is 1.23 bits per heavy atom. The van der Waals surface area contributed by atoms with Crippen LogP contribution >= 0.6 is 24.0 Å². The molecule has 0 aromatic heterocycles. The lowest BCUT2D eigenvalue weighted by molar-refractivity contribution is 0.282. The van der Waals surface area contributed by atoms with Gasteiger partial charge in [-0.15, -0.1) is 24.0 Å². The second kappa shape index (κ2) is 12.9. The molecule has 0 bridgehead atoms. The van der Waals surface area contributed by atoms with Crippen LogP contribution in [-0.4, -0.2) is 44.1 Å². The molecule has 0 unspecified atom stereocenters. The summed E-state index contributed by atoms with van der Waals surface area (Å²) in [4.78, 5) is 6.71. The zero-order valence-corrected chi connectivity index (χ0v) is 17.8. The molecule has 1 aromatic rings. The molecule has 0 amide bonds. The average Bonchev–Trinajstić information content (AvgIpc) is 2.90. The second-order valence-electron chi connectivity index (χ2n) is 6.38. The Labute approximate surface area is 173 Å². The molecular formula is C19H29FIN5. The van der Waals surface area contributed by atoms with Gasteiger partial charge in [0.2, 0.25) is 0 Å². The SMILES string of the molecule is CN=C(NCCCN1CCCCCC1)NCc1ccc(C#N)cc1F.I. The first-order chi connectivity index (χ1) is 12.2. The van der Waals surface area contributed by atoms with Crippen molar-refractivity contribution in [2.24, 2.45) is 4.99 Å².